The maximum atomic E-state index is 11.6. The Morgan fingerprint density at radius 3 is 2.44 bits per heavy atom. The van der Waals surface area contributed by atoms with E-state index >= 15 is 0 Å². The van der Waals surface area contributed by atoms with E-state index in [-0.39, 0.29) is 13.2 Å². The van der Waals surface area contributed by atoms with Crippen molar-refractivity contribution in [3.63, 3.8) is 0 Å². The Morgan fingerprint density at radius 2 is 1.89 bits per heavy atom. The summed E-state index contributed by atoms with van der Waals surface area (Å²) in [6.07, 6.45) is -0.760. The summed E-state index contributed by atoms with van der Waals surface area (Å²) >= 11 is 0. The van der Waals surface area contributed by atoms with Crippen molar-refractivity contribution in [2.45, 2.75) is 13.0 Å². The van der Waals surface area contributed by atoms with Crippen LogP contribution in [-0.4, -0.2) is 25.3 Å². The molecular weight excluding hydrogens is 259 g/mol. The zero-order valence-corrected chi connectivity index (χ0v) is 10.7. The van der Waals surface area contributed by atoms with Crippen molar-refractivity contribution < 1.29 is 27.4 Å². The molecule has 0 aliphatic carbocycles. The predicted molar refractivity (Wildman–Crippen MR) is 62.5 cm³/mol. The van der Waals surface area contributed by atoms with Crippen LogP contribution in [0.25, 0.3) is 0 Å². The monoisotopic (exact) mass is 272 g/mol. The van der Waals surface area contributed by atoms with E-state index in [1.54, 1.807) is 31.2 Å². The molecule has 0 bridgehead atoms. The number of hydrogen-bond donors (Lipinski definition) is 0. The van der Waals surface area contributed by atoms with Gasteiger partial charge in [-0.1, -0.05) is 0 Å². The van der Waals surface area contributed by atoms with Gasteiger partial charge in [-0.3, -0.25) is 0 Å². The van der Waals surface area contributed by atoms with Gasteiger partial charge in [0.15, 0.2) is 0 Å². The molecule has 1 aromatic carbocycles. The third kappa shape index (κ3) is 1.78. The van der Waals surface area contributed by atoms with E-state index in [2.05, 4.69) is 0 Å². The van der Waals surface area contributed by atoms with E-state index in [0.717, 1.165) is 0 Å². The predicted octanol–water partition coefficient (Wildman–Crippen LogP) is 2.20. The van der Waals surface area contributed by atoms with Crippen LogP contribution in [0.4, 0.5) is 0 Å². The molecule has 1 unspecified atom stereocenters. The maximum absolute atomic E-state index is 11.6. The van der Waals surface area contributed by atoms with Gasteiger partial charge in [0, 0.05) is 0 Å². The topological polar surface area (TPSA) is 63.2 Å². The van der Waals surface area contributed by atoms with E-state index < -0.39 is 19.8 Å². The van der Waals surface area contributed by atoms with Crippen LogP contribution < -0.4 is 4.52 Å². The SMILES string of the molecule is CC1OP2(Oc3ccccc3)(OCCO2)OC1=O. The molecule has 18 heavy (non-hydrogen) atoms. The van der Waals surface area contributed by atoms with Gasteiger partial charge in [0.05, 0.1) is 0 Å². The molecule has 98 valence electrons. The van der Waals surface area contributed by atoms with Gasteiger partial charge in [-0.05, 0) is 0 Å². The Hall–Kier alpha value is -1.20. The molecule has 7 heteroatoms. The van der Waals surface area contributed by atoms with E-state index in [1.165, 1.54) is 0 Å². The Balaban J connectivity index is 1.95. The summed E-state index contributed by atoms with van der Waals surface area (Å²) in [6.45, 7) is 2.11. The van der Waals surface area contributed by atoms with E-state index in [0.29, 0.717) is 5.75 Å². The summed E-state index contributed by atoms with van der Waals surface area (Å²) in [5.74, 6) is -0.0653. The average molecular weight is 272 g/mol. The standard InChI is InChI=1S/C11H13O6P/c1-9-11(12)17-18(15-9,13-7-8-14-18)16-10-5-3-2-4-6-10/h2-6,9H,7-8H2,1H3. The van der Waals surface area contributed by atoms with Crippen LogP contribution in [-0.2, 0) is 22.9 Å². The second-order valence-corrected chi connectivity index (χ2v) is 6.56. The molecule has 0 saturated carbocycles. The third-order valence-corrected chi connectivity index (χ3v) is 5.44. The van der Waals surface area contributed by atoms with Crippen molar-refractivity contribution >= 4 is 13.7 Å². The van der Waals surface area contributed by atoms with Gasteiger partial charge < -0.3 is 0 Å². The second kappa shape index (κ2) is 3.90. The van der Waals surface area contributed by atoms with Crippen LogP contribution in [0.3, 0.4) is 0 Å². The van der Waals surface area contributed by atoms with Gasteiger partial charge in [0.1, 0.15) is 0 Å². The first-order valence-corrected chi connectivity index (χ1v) is 7.44. The summed E-state index contributed by atoms with van der Waals surface area (Å²) in [6, 6.07) is 8.86. The summed E-state index contributed by atoms with van der Waals surface area (Å²) in [4.78, 5) is 11.6. The van der Waals surface area contributed by atoms with Gasteiger partial charge in [0.2, 0.25) is 0 Å². The van der Waals surface area contributed by atoms with Gasteiger partial charge in [-0.2, -0.15) is 0 Å². The van der Waals surface area contributed by atoms with Crippen LogP contribution in [0, 0.1) is 0 Å². The van der Waals surface area contributed by atoms with Gasteiger partial charge in [0.25, 0.3) is 0 Å². The summed E-state index contributed by atoms with van der Waals surface area (Å²) < 4.78 is 27.3. The van der Waals surface area contributed by atoms with Crippen molar-refractivity contribution in [1.29, 1.82) is 0 Å². The number of benzene rings is 1. The Bertz CT molecular complexity index is 470. The van der Waals surface area contributed by atoms with Crippen molar-refractivity contribution in [3.05, 3.63) is 30.3 Å². The number of carbonyl (C=O) groups excluding carboxylic acids is 1. The van der Waals surface area contributed by atoms with E-state index in [9.17, 15) is 4.79 Å². The number of para-hydroxylation sites is 1. The first kappa shape index (κ1) is 11.9. The molecule has 6 nitrogen and oxygen atoms in total. The normalized spacial score (nSPS) is 30.6. The summed E-state index contributed by atoms with van der Waals surface area (Å²) in [7, 11) is -4.22. The zero-order chi connectivity index (χ0) is 12.7. The Kier molecular flexibility index (Phi) is 2.57. The third-order valence-electron chi connectivity index (χ3n) is 2.59. The van der Waals surface area contributed by atoms with E-state index in [1.807, 2.05) is 6.07 Å². The Morgan fingerprint density at radius 1 is 1.22 bits per heavy atom. The fraction of sp³-hybridized carbons (Fsp3) is 0.364. The fourth-order valence-electron chi connectivity index (χ4n) is 1.81. The molecule has 1 spiro atoms. The zero-order valence-electron chi connectivity index (χ0n) is 9.78. The van der Waals surface area contributed by atoms with Crippen LogP contribution >= 0.6 is 7.74 Å². The number of rotatable bonds is 2. The summed E-state index contributed by atoms with van der Waals surface area (Å²) in [5, 5.41) is 0. The Labute approximate surface area is 104 Å². The minimum absolute atomic E-state index is 0.269. The molecular formula is C11H13O6P. The van der Waals surface area contributed by atoms with Gasteiger partial charge >= 0.3 is 103 Å². The summed E-state index contributed by atoms with van der Waals surface area (Å²) in [5.41, 5.74) is 0. The number of hydrogen-bond acceptors (Lipinski definition) is 6. The molecule has 2 saturated heterocycles. The minimum atomic E-state index is -4.22. The molecule has 1 atom stereocenters. The quantitative estimate of drug-likeness (QED) is 0.769. The van der Waals surface area contributed by atoms with Crippen molar-refractivity contribution in [3.8, 4) is 5.75 Å². The molecule has 0 radical (unpaired) electrons. The fourth-order valence-corrected chi connectivity index (χ4v) is 4.60. The van der Waals surface area contributed by atoms with Crippen LogP contribution in [0.1, 0.15) is 6.92 Å². The van der Waals surface area contributed by atoms with Gasteiger partial charge in [-0.25, -0.2) is 0 Å². The molecule has 3 rings (SSSR count). The van der Waals surface area contributed by atoms with Crippen molar-refractivity contribution in [2.24, 2.45) is 0 Å². The van der Waals surface area contributed by atoms with Crippen LogP contribution in [0.5, 0.6) is 5.75 Å². The van der Waals surface area contributed by atoms with Crippen molar-refractivity contribution in [2.75, 3.05) is 13.2 Å². The molecule has 0 amide bonds. The van der Waals surface area contributed by atoms with Gasteiger partial charge in [-0.15, -0.1) is 0 Å². The number of carbonyl (C=O) groups is 1. The molecule has 2 heterocycles. The van der Waals surface area contributed by atoms with Crippen molar-refractivity contribution in [1.82, 2.24) is 0 Å². The molecule has 2 aliphatic heterocycles. The average Bonchev–Trinajstić information content (AvgIpc) is 2.85. The molecule has 1 aromatic rings. The second-order valence-electron chi connectivity index (χ2n) is 3.97. The van der Waals surface area contributed by atoms with Crippen LogP contribution in [0.15, 0.2) is 30.3 Å². The van der Waals surface area contributed by atoms with Crippen LogP contribution in [0.2, 0.25) is 0 Å². The first-order valence-electron chi connectivity index (χ1n) is 5.62. The molecule has 2 fully saturated rings. The molecule has 0 N–H and O–H groups in total. The van der Waals surface area contributed by atoms with E-state index in [4.69, 9.17) is 22.6 Å². The molecule has 0 aromatic heterocycles. The first-order chi connectivity index (χ1) is 8.61. The molecule has 2 aliphatic rings.